The number of carboxylic acids is 1. The fraction of sp³-hybridized carbons (Fsp3) is 0.500. The first-order valence-electron chi connectivity index (χ1n) is 5.79. The molecule has 0 amide bonds. The highest BCUT2D eigenvalue weighted by Gasteiger charge is 2.28. The predicted molar refractivity (Wildman–Crippen MR) is 67.4 cm³/mol. The molecule has 0 spiro atoms. The Labute approximate surface area is 102 Å². The van der Waals surface area contributed by atoms with Gasteiger partial charge in [0.25, 0.3) is 0 Å². The Morgan fingerprint density at radius 2 is 1.82 bits per heavy atom. The van der Waals surface area contributed by atoms with E-state index < -0.39 is 11.4 Å². The van der Waals surface area contributed by atoms with Crippen LogP contribution in [0.2, 0.25) is 0 Å². The molecule has 0 aliphatic heterocycles. The molecule has 94 valence electrons. The zero-order valence-corrected chi connectivity index (χ0v) is 10.9. The van der Waals surface area contributed by atoms with E-state index in [9.17, 15) is 4.79 Å². The number of ether oxygens (including phenoxy) is 1. The number of hydrogen-bond donors (Lipinski definition) is 1. The van der Waals surface area contributed by atoms with E-state index in [1.54, 1.807) is 13.8 Å². The van der Waals surface area contributed by atoms with Gasteiger partial charge in [-0.25, -0.2) is 0 Å². The van der Waals surface area contributed by atoms with Gasteiger partial charge in [0.15, 0.2) is 0 Å². The van der Waals surface area contributed by atoms with Gasteiger partial charge >= 0.3 is 5.97 Å². The third-order valence-electron chi connectivity index (χ3n) is 2.73. The number of benzene rings is 1. The summed E-state index contributed by atoms with van der Waals surface area (Å²) in [6, 6.07) is 7.78. The summed E-state index contributed by atoms with van der Waals surface area (Å²) in [5.41, 5.74) is 0.381. The smallest absolute Gasteiger partial charge is 0.312 e. The highest BCUT2D eigenvalue weighted by Crippen LogP contribution is 2.21. The van der Waals surface area contributed by atoms with Crippen LogP contribution in [0.1, 0.15) is 39.2 Å². The van der Waals surface area contributed by atoms with Crippen LogP contribution in [0.15, 0.2) is 24.3 Å². The van der Waals surface area contributed by atoms with Crippen molar-refractivity contribution in [1.82, 2.24) is 0 Å². The van der Waals surface area contributed by atoms with E-state index >= 15 is 0 Å². The minimum Gasteiger partial charge on any atom is -0.492 e. The van der Waals surface area contributed by atoms with Crippen molar-refractivity contribution < 1.29 is 14.6 Å². The SMILES string of the molecule is CC(C)c1ccc(OCC(C)(C)C(=O)O)cc1. The molecule has 3 nitrogen and oxygen atoms in total. The molecule has 0 saturated carbocycles. The van der Waals surface area contributed by atoms with Gasteiger partial charge in [-0.2, -0.15) is 0 Å². The molecule has 3 heteroatoms. The number of aliphatic carboxylic acids is 1. The molecule has 0 radical (unpaired) electrons. The summed E-state index contributed by atoms with van der Waals surface area (Å²) in [6.07, 6.45) is 0. The zero-order valence-electron chi connectivity index (χ0n) is 10.9. The minimum atomic E-state index is -0.864. The fourth-order valence-corrected chi connectivity index (χ4v) is 1.27. The highest BCUT2D eigenvalue weighted by molar-refractivity contribution is 5.73. The molecule has 1 aromatic rings. The molecule has 0 saturated heterocycles. The molecule has 1 N–H and O–H groups in total. The Hall–Kier alpha value is -1.51. The van der Waals surface area contributed by atoms with E-state index in [1.165, 1.54) is 5.56 Å². The molecule has 0 aromatic heterocycles. The van der Waals surface area contributed by atoms with Crippen molar-refractivity contribution in [3.63, 3.8) is 0 Å². The Morgan fingerprint density at radius 1 is 1.29 bits per heavy atom. The van der Waals surface area contributed by atoms with Gasteiger partial charge in [0, 0.05) is 0 Å². The lowest BCUT2D eigenvalue weighted by Gasteiger charge is -2.19. The quantitative estimate of drug-likeness (QED) is 0.853. The Bertz CT molecular complexity index is 377. The largest absolute Gasteiger partial charge is 0.492 e. The van der Waals surface area contributed by atoms with Crippen molar-refractivity contribution in [2.45, 2.75) is 33.6 Å². The van der Waals surface area contributed by atoms with Crippen LogP contribution in [-0.4, -0.2) is 17.7 Å². The molecule has 0 unspecified atom stereocenters. The summed E-state index contributed by atoms with van der Waals surface area (Å²) in [5.74, 6) is 0.347. The molecule has 0 aliphatic carbocycles. The maximum atomic E-state index is 10.9. The average Bonchev–Trinajstić information content (AvgIpc) is 2.27. The van der Waals surface area contributed by atoms with Crippen molar-refractivity contribution in [3.8, 4) is 5.75 Å². The van der Waals surface area contributed by atoms with Gasteiger partial charge in [-0.1, -0.05) is 26.0 Å². The second-order valence-corrected chi connectivity index (χ2v) is 5.20. The summed E-state index contributed by atoms with van der Waals surface area (Å²) in [7, 11) is 0. The van der Waals surface area contributed by atoms with Gasteiger partial charge < -0.3 is 9.84 Å². The Morgan fingerprint density at radius 3 is 2.24 bits per heavy atom. The first-order valence-corrected chi connectivity index (χ1v) is 5.79. The van der Waals surface area contributed by atoms with Gasteiger partial charge in [-0.05, 0) is 37.5 Å². The summed E-state index contributed by atoms with van der Waals surface area (Å²) in [6.45, 7) is 7.73. The van der Waals surface area contributed by atoms with Crippen LogP contribution in [0, 0.1) is 5.41 Å². The van der Waals surface area contributed by atoms with Crippen LogP contribution in [0.4, 0.5) is 0 Å². The van der Waals surface area contributed by atoms with E-state index in [2.05, 4.69) is 13.8 Å². The van der Waals surface area contributed by atoms with Crippen molar-refractivity contribution in [2.24, 2.45) is 5.41 Å². The zero-order chi connectivity index (χ0) is 13.1. The van der Waals surface area contributed by atoms with Crippen molar-refractivity contribution >= 4 is 5.97 Å². The maximum absolute atomic E-state index is 10.9. The minimum absolute atomic E-state index is 0.170. The second kappa shape index (κ2) is 5.21. The molecule has 1 rings (SSSR count). The third-order valence-corrected chi connectivity index (χ3v) is 2.73. The monoisotopic (exact) mass is 236 g/mol. The molecule has 0 aliphatic rings. The standard InChI is InChI=1S/C14H20O3/c1-10(2)11-5-7-12(8-6-11)17-9-14(3,4)13(15)16/h5-8,10H,9H2,1-4H3,(H,15,16). The summed E-state index contributed by atoms with van der Waals surface area (Å²) < 4.78 is 5.49. The molecular weight excluding hydrogens is 216 g/mol. The van der Waals surface area contributed by atoms with Gasteiger partial charge in [0.2, 0.25) is 0 Å². The van der Waals surface area contributed by atoms with Crippen LogP contribution in [0.25, 0.3) is 0 Å². The highest BCUT2D eigenvalue weighted by atomic mass is 16.5. The van der Waals surface area contributed by atoms with Gasteiger partial charge in [0.1, 0.15) is 12.4 Å². The van der Waals surface area contributed by atoms with Crippen LogP contribution in [0.5, 0.6) is 5.75 Å². The molecule has 0 atom stereocenters. The van der Waals surface area contributed by atoms with Crippen LogP contribution >= 0.6 is 0 Å². The summed E-state index contributed by atoms with van der Waals surface area (Å²) in [5, 5.41) is 8.96. The van der Waals surface area contributed by atoms with Crippen LogP contribution < -0.4 is 4.74 Å². The normalized spacial score (nSPS) is 11.6. The van der Waals surface area contributed by atoms with Gasteiger partial charge in [0.05, 0.1) is 5.41 Å². The van der Waals surface area contributed by atoms with Crippen LogP contribution in [0.3, 0.4) is 0 Å². The molecule has 17 heavy (non-hydrogen) atoms. The van der Waals surface area contributed by atoms with Crippen LogP contribution in [-0.2, 0) is 4.79 Å². The Kier molecular flexibility index (Phi) is 4.16. The lowest BCUT2D eigenvalue weighted by atomic mass is 9.95. The number of rotatable bonds is 5. The molecule has 0 fully saturated rings. The maximum Gasteiger partial charge on any atom is 0.312 e. The second-order valence-electron chi connectivity index (χ2n) is 5.20. The van der Waals surface area contributed by atoms with E-state index in [-0.39, 0.29) is 6.61 Å². The van der Waals surface area contributed by atoms with E-state index in [4.69, 9.17) is 9.84 Å². The van der Waals surface area contributed by atoms with Gasteiger partial charge in [-0.3, -0.25) is 4.79 Å². The molecule has 0 bridgehead atoms. The van der Waals surface area contributed by atoms with Gasteiger partial charge in [-0.15, -0.1) is 0 Å². The fourth-order valence-electron chi connectivity index (χ4n) is 1.27. The van der Waals surface area contributed by atoms with Crippen molar-refractivity contribution in [1.29, 1.82) is 0 Å². The lowest BCUT2D eigenvalue weighted by Crippen LogP contribution is -2.30. The van der Waals surface area contributed by atoms with E-state index in [1.807, 2.05) is 24.3 Å². The summed E-state index contributed by atoms with van der Waals surface area (Å²) in [4.78, 5) is 10.9. The van der Waals surface area contributed by atoms with Crippen molar-refractivity contribution in [2.75, 3.05) is 6.61 Å². The lowest BCUT2D eigenvalue weighted by molar-refractivity contribution is -0.148. The van der Waals surface area contributed by atoms with E-state index in [0.29, 0.717) is 11.7 Å². The molecular formula is C14H20O3. The first-order chi connectivity index (χ1) is 7.83. The number of carboxylic acid groups (broad SMARTS) is 1. The number of carbonyl (C=O) groups is 1. The average molecular weight is 236 g/mol. The number of hydrogen-bond acceptors (Lipinski definition) is 2. The third kappa shape index (κ3) is 3.77. The Balaban J connectivity index is 2.62. The first kappa shape index (κ1) is 13.6. The summed E-state index contributed by atoms with van der Waals surface area (Å²) >= 11 is 0. The topological polar surface area (TPSA) is 46.5 Å². The van der Waals surface area contributed by atoms with Crippen molar-refractivity contribution in [3.05, 3.63) is 29.8 Å². The van der Waals surface area contributed by atoms with E-state index in [0.717, 1.165) is 0 Å². The predicted octanol–water partition coefficient (Wildman–Crippen LogP) is 3.30. The molecule has 1 aromatic carbocycles. The molecule has 0 heterocycles.